The van der Waals surface area contributed by atoms with Crippen molar-refractivity contribution < 1.29 is 4.74 Å². The second-order valence-electron chi connectivity index (χ2n) is 5.17. The average molecular weight is 359 g/mol. The first-order valence-corrected chi connectivity index (χ1v) is 7.67. The van der Waals surface area contributed by atoms with E-state index in [0.29, 0.717) is 12.0 Å². The van der Waals surface area contributed by atoms with E-state index in [4.69, 9.17) is 9.72 Å². The van der Waals surface area contributed by atoms with E-state index in [0.717, 1.165) is 24.5 Å². The summed E-state index contributed by atoms with van der Waals surface area (Å²) in [5.41, 5.74) is 1.22. The van der Waals surface area contributed by atoms with Crippen LogP contribution in [0.3, 0.4) is 0 Å². The van der Waals surface area contributed by atoms with Gasteiger partial charge in [-0.25, -0.2) is 9.97 Å². The molecule has 4 nitrogen and oxygen atoms in total. The zero-order valence-electron chi connectivity index (χ0n) is 10.7. The maximum atomic E-state index is 5.89. The number of nitrogens with zero attached hydrogens (tertiary/aromatic N) is 2. The van der Waals surface area contributed by atoms with Gasteiger partial charge < -0.3 is 10.1 Å². The molecule has 1 aliphatic heterocycles. The van der Waals surface area contributed by atoms with Crippen LogP contribution < -0.4 is 5.32 Å². The smallest absolute Gasteiger partial charge is 0.159 e. The van der Waals surface area contributed by atoms with Crippen molar-refractivity contribution in [3.63, 3.8) is 0 Å². The van der Waals surface area contributed by atoms with Crippen molar-refractivity contribution in [3.05, 3.63) is 15.1 Å². The molecule has 1 saturated carbocycles. The van der Waals surface area contributed by atoms with Gasteiger partial charge in [-0.3, -0.25) is 0 Å². The van der Waals surface area contributed by atoms with Gasteiger partial charge in [0.2, 0.25) is 0 Å². The second-order valence-corrected chi connectivity index (χ2v) is 6.25. The summed E-state index contributed by atoms with van der Waals surface area (Å²) in [6.07, 6.45) is 5.08. The molecule has 2 fully saturated rings. The summed E-state index contributed by atoms with van der Waals surface area (Å²) in [5, 5.41) is 3.18. The lowest BCUT2D eigenvalue weighted by molar-refractivity contribution is 0.0502. The molecule has 2 aliphatic rings. The molecule has 0 amide bonds. The molecule has 1 N–H and O–H groups in total. The third-order valence-electron chi connectivity index (χ3n) is 3.61. The Bertz CT molecular complexity index is 462. The van der Waals surface area contributed by atoms with Crippen LogP contribution in [0, 0.1) is 3.57 Å². The monoisotopic (exact) mass is 359 g/mol. The maximum absolute atomic E-state index is 5.89. The first kappa shape index (κ1) is 12.6. The zero-order valence-corrected chi connectivity index (χ0v) is 12.9. The Morgan fingerprint density at radius 3 is 2.56 bits per heavy atom. The molecule has 0 spiro atoms. The quantitative estimate of drug-likeness (QED) is 0.842. The molecule has 98 valence electrons. The van der Waals surface area contributed by atoms with Gasteiger partial charge in [-0.1, -0.05) is 0 Å². The fourth-order valence-electron chi connectivity index (χ4n) is 2.41. The SMILES string of the molecule is CNc1nc(C2CCC(C)O2)nc(C2CC2)c1I. The number of rotatable bonds is 3. The van der Waals surface area contributed by atoms with Gasteiger partial charge in [0.05, 0.1) is 15.4 Å². The van der Waals surface area contributed by atoms with Crippen molar-refractivity contribution in [2.24, 2.45) is 0 Å². The van der Waals surface area contributed by atoms with E-state index in [1.165, 1.54) is 22.1 Å². The molecule has 1 aliphatic carbocycles. The molecule has 0 bridgehead atoms. The lowest BCUT2D eigenvalue weighted by atomic mass is 10.2. The molecular formula is C13H18IN3O. The van der Waals surface area contributed by atoms with Gasteiger partial charge in [0.25, 0.3) is 0 Å². The van der Waals surface area contributed by atoms with Crippen molar-refractivity contribution in [1.29, 1.82) is 0 Å². The van der Waals surface area contributed by atoms with Gasteiger partial charge >= 0.3 is 0 Å². The van der Waals surface area contributed by atoms with Crippen LogP contribution in [-0.2, 0) is 4.74 Å². The van der Waals surface area contributed by atoms with Crippen molar-refractivity contribution in [1.82, 2.24) is 9.97 Å². The first-order valence-electron chi connectivity index (χ1n) is 6.59. The second kappa shape index (κ2) is 4.92. The Hall–Kier alpha value is -0.430. The molecule has 2 heterocycles. The number of aromatic nitrogens is 2. The number of nitrogens with one attached hydrogen (secondary N) is 1. The topological polar surface area (TPSA) is 47.0 Å². The number of ether oxygens (including phenoxy) is 1. The van der Waals surface area contributed by atoms with Crippen LogP contribution in [-0.4, -0.2) is 23.1 Å². The molecule has 5 heteroatoms. The van der Waals surface area contributed by atoms with E-state index in [2.05, 4.69) is 39.8 Å². The van der Waals surface area contributed by atoms with Crippen molar-refractivity contribution >= 4 is 28.4 Å². The third-order valence-corrected chi connectivity index (χ3v) is 4.68. The van der Waals surface area contributed by atoms with E-state index in [-0.39, 0.29) is 6.10 Å². The van der Waals surface area contributed by atoms with Crippen molar-refractivity contribution in [3.8, 4) is 0 Å². The molecule has 0 radical (unpaired) electrons. The number of hydrogen-bond donors (Lipinski definition) is 1. The largest absolute Gasteiger partial charge is 0.372 e. The summed E-state index contributed by atoms with van der Waals surface area (Å²) in [5.74, 6) is 2.46. The van der Waals surface area contributed by atoms with Crippen LogP contribution in [0.15, 0.2) is 0 Å². The molecule has 1 saturated heterocycles. The predicted molar refractivity (Wildman–Crippen MR) is 78.8 cm³/mol. The fraction of sp³-hybridized carbons (Fsp3) is 0.692. The summed E-state index contributed by atoms with van der Waals surface area (Å²) < 4.78 is 7.06. The first-order chi connectivity index (χ1) is 8.69. The highest BCUT2D eigenvalue weighted by molar-refractivity contribution is 14.1. The Balaban J connectivity index is 1.96. The summed E-state index contributed by atoms with van der Waals surface area (Å²) >= 11 is 2.35. The number of anilines is 1. The third kappa shape index (κ3) is 2.34. The lowest BCUT2D eigenvalue weighted by Crippen LogP contribution is -2.11. The minimum atomic E-state index is 0.0848. The molecule has 2 atom stereocenters. The van der Waals surface area contributed by atoms with Crippen molar-refractivity contribution in [2.45, 2.75) is 50.7 Å². The minimum absolute atomic E-state index is 0.0848. The maximum Gasteiger partial charge on any atom is 0.159 e. The highest BCUT2D eigenvalue weighted by atomic mass is 127. The standard InChI is InChI=1S/C13H18IN3O/c1-7-3-6-9(18-7)12-16-11(8-4-5-8)10(14)13(15-2)17-12/h7-9H,3-6H2,1-2H3,(H,15,16,17). The minimum Gasteiger partial charge on any atom is -0.372 e. The fourth-order valence-corrected chi connectivity index (χ4v) is 3.36. The highest BCUT2D eigenvalue weighted by Gasteiger charge is 2.32. The Morgan fingerprint density at radius 1 is 1.22 bits per heavy atom. The van der Waals surface area contributed by atoms with Gasteiger partial charge in [-0.05, 0) is 55.2 Å². The molecule has 1 aromatic rings. The normalized spacial score (nSPS) is 27.5. The van der Waals surface area contributed by atoms with Gasteiger partial charge in [-0.2, -0.15) is 0 Å². The van der Waals surface area contributed by atoms with Gasteiger partial charge in [0.1, 0.15) is 11.9 Å². The predicted octanol–water partition coefficient (Wildman–Crippen LogP) is 3.24. The van der Waals surface area contributed by atoms with Crippen LogP contribution in [0.1, 0.15) is 56.1 Å². The summed E-state index contributed by atoms with van der Waals surface area (Å²) in [6.45, 7) is 2.12. The van der Waals surface area contributed by atoms with E-state index in [1.807, 2.05) is 7.05 Å². The Labute approximate surface area is 121 Å². The molecular weight excluding hydrogens is 341 g/mol. The van der Waals surface area contributed by atoms with E-state index in [1.54, 1.807) is 0 Å². The van der Waals surface area contributed by atoms with Crippen LogP contribution in [0.4, 0.5) is 5.82 Å². The van der Waals surface area contributed by atoms with E-state index < -0.39 is 0 Å². The van der Waals surface area contributed by atoms with E-state index >= 15 is 0 Å². The summed E-state index contributed by atoms with van der Waals surface area (Å²) in [4.78, 5) is 9.40. The van der Waals surface area contributed by atoms with Crippen LogP contribution in [0.25, 0.3) is 0 Å². The molecule has 2 unspecified atom stereocenters. The molecule has 3 rings (SSSR count). The number of halogens is 1. The summed E-state index contributed by atoms with van der Waals surface area (Å²) in [6, 6.07) is 0. The molecule has 1 aromatic heterocycles. The Kier molecular flexibility index (Phi) is 3.44. The van der Waals surface area contributed by atoms with Crippen LogP contribution >= 0.6 is 22.6 Å². The van der Waals surface area contributed by atoms with Gasteiger partial charge in [0, 0.05) is 13.0 Å². The lowest BCUT2D eigenvalue weighted by Gasteiger charge is -2.14. The molecule has 18 heavy (non-hydrogen) atoms. The Morgan fingerprint density at radius 2 is 2.00 bits per heavy atom. The zero-order chi connectivity index (χ0) is 12.7. The van der Waals surface area contributed by atoms with Crippen molar-refractivity contribution in [2.75, 3.05) is 12.4 Å². The van der Waals surface area contributed by atoms with Gasteiger partial charge in [0.15, 0.2) is 5.82 Å². The van der Waals surface area contributed by atoms with E-state index in [9.17, 15) is 0 Å². The molecule has 0 aromatic carbocycles. The van der Waals surface area contributed by atoms with Crippen LogP contribution in [0.2, 0.25) is 0 Å². The highest BCUT2D eigenvalue weighted by Crippen LogP contribution is 2.43. The average Bonchev–Trinajstić information content (AvgIpc) is 3.12. The van der Waals surface area contributed by atoms with Crippen LogP contribution in [0.5, 0.6) is 0 Å². The van der Waals surface area contributed by atoms with Gasteiger partial charge in [-0.15, -0.1) is 0 Å². The summed E-state index contributed by atoms with van der Waals surface area (Å²) in [7, 11) is 1.92. The number of hydrogen-bond acceptors (Lipinski definition) is 4.